The predicted octanol–water partition coefficient (Wildman–Crippen LogP) is 2.30. The van der Waals surface area contributed by atoms with E-state index < -0.39 is 0 Å². The van der Waals surface area contributed by atoms with E-state index in [0.29, 0.717) is 0 Å². The first-order valence-corrected chi connectivity index (χ1v) is 3.49. The molecule has 0 fully saturated rings. The minimum absolute atomic E-state index is 1.26. The summed E-state index contributed by atoms with van der Waals surface area (Å²) in [6.07, 6.45) is 8.46. The van der Waals surface area contributed by atoms with Gasteiger partial charge in [-0.05, 0) is 25.5 Å². The number of rotatable bonds is 0. The van der Waals surface area contributed by atoms with Crippen LogP contribution in [0.4, 0.5) is 0 Å². The predicted molar refractivity (Wildman–Crippen MR) is 44.4 cm³/mol. The molecule has 0 radical (unpaired) electrons. The minimum atomic E-state index is 1.26. The van der Waals surface area contributed by atoms with E-state index in [1.807, 2.05) is 6.92 Å². The molecule has 54 valence electrons. The molecule has 1 heteroatoms. The molecule has 0 amide bonds. The Hall–Kier alpha value is -0.980. The van der Waals surface area contributed by atoms with Gasteiger partial charge >= 0.3 is 0 Å². The van der Waals surface area contributed by atoms with Gasteiger partial charge in [0.25, 0.3) is 0 Å². The third kappa shape index (κ3) is 1.29. The average Bonchev–Trinajstić information content (AvgIpc) is 1.88. The fourth-order valence-electron chi connectivity index (χ4n) is 1.06. The standard InChI is InChI=1S/C9H13N/c1-4-9-6-5-8(2)7-10(9)3/h4-7H,1-3H3/b9-4-. The van der Waals surface area contributed by atoms with Gasteiger partial charge in [0.2, 0.25) is 0 Å². The van der Waals surface area contributed by atoms with Gasteiger partial charge in [0.15, 0.2) is 0 Å². The molecule has 0 aromatic rings. The van der Waals surface area contributed by atoms with Crippen LogP contribution in [-0.4, -0.2) is 11.9 Å². The van der Waals surface area contributed by atoms with Crippen molar-refractivity contribution in [1.29, 1.82) is 0 Å². The zero-order chi connectivity index (χ0) is 7.56. The lowest BCUT2D eigenvalue weighted by Crippen LogP contribution is -2.11. The van der Waals surface area contributed by atoms with Crippen LogP contribution >= 0.6 is 0 Å². The SMILES string of the molecule is C/C=C1/C=CC(C)=CN1C. The molecular formula is C9H13N. The van der Waals surface area contributed by atoms with Gasteiger partial charge in [-0.25, -0.2) is 0 Å². The van der Waals surface area contributed by atoms with Crippen LogP contribution in [0.3, 0.4) is 0 Å². The van der Waals surface area contributed by atoms with Crippen LogP contribution in [0.2, 0.25) is 0 Å². The highest BCUT2D eigenvalue weighted by Gasteiger charge is 2.00. The molecule has 0 spiro atoms. The molecule has 0 aliphatic carbocycles. The fraction of sp³-hybridized carbons (Fsp3) is 0.333. The van der Waals surface area contributed by atoms with Gasteiger partial charge in [-0.2, -0.15) is 0 Å². The van der Waals surface area contributed by atoms with Crippen LogP contribution in [-0.2, 0) is 0 Å². The number of hydrogen-bond donors (Lipinski definition) is 0. The van der Waals surface area contributed by atoms with Crippen molar-refractivity contribution in [1.82, 2.24) is 4.90 Å². The molecule has 0 aromatic heterocycles. The van der Waals surface area contributed by atoms with Gasteiger partial charge in [0.05, 0.1) is 0 Å². The van der Waals surface area contributed by atoms with Gasteiger partial charge in [-0.1, -0.05) is 12.2 Å². The average molecular weight is 135 g/mol. The lowest BCUT2D eigenvalue weighted by atomic mass is 10.2. The van der Waals surface area contributed by atoms with Crippen molar-refractivity contribution < 1.29 is 0 Å². The van der Waals surface area contributed by atoms with Crippen molar-refractivity contribution in [3.8, 4) is 0 Å². The lowest BCUT2D eigenvalue weighted by Gasteiger charge is -2.19. The summed E-state index contributed by atoms with van der Waals surface area (Å²) in [4.78, 5) is 2.12. The first-order valence-electron chi connectivity index (χ1n) is 3.49. The fourth-order valence-corrected chi connectivity index (χ4v) is 1.06. The molecule has 0 N–H and O–H groups in total. The van der Waals surface area contributed by atoms with E-state index in [2.05, 4.69) is 43.3 Å². The molecule has 1 rings (SSSR count). The Labute approximate surface area is 62.3 Å². The summed E-state index contributed by atoms with van der Waals surface area (Å²) in [6.45, 7) is 4.14. The highest BCUT2D eigenvalue weighted by Crippen LogP contribution is 2.13. The first-order chi connectivity index (χ1) is 4.74. The Morgan fingerprint density at radius 1 is 1.40 bits per heavy atom. The van der Waals surface area contributed by atoms with Gasteiger partial charge in [0, 0.05) is 18.9 Å². The van der Waals surface area contributed by atoms with Crippen LogP contribution in [0.1, 0.15) is 13.8 Å². The monoisotopic (exact) mass is 135 g/mol. The van der Waals surface area contributed by atoms with Crippen LogP contribution in [0, 0.1) is 0 Å². The van der Waals surface area contributed by atoms with Gasteiger partial charge in [0.1, 0.15) is 0 Å². The van der Waals surface area contributed by atoms with E-state index in [0.717, 1.165) is 0 Å². The maximum absolute atomic E-state index is 2.12. The minimum Gasteiger partial charge on any atom is -0.351 e. The van der Waals surface area contributed by atoms with Crippen molar-refractivity contribution in [3.05, 3.63) is 35.7 Å². The normalized spacial score (nSPS) is 21.7. The summed E-state index contributed by atoms with van der Waals surface area (Å²) in [6, 6.07) is 0. The number of nitrogens with zero attached hydrogens (tertiary/aromatic N) is 1. The molecule has 0 saturated heterocycles. The van der Waals surface area contributed by atoms with E-state index in [4.69, 9.17) is 0 Å². The topological polar surface area (TPSA) is 3.24 Å². The Morgan fingerprint density at radius 3 is 2.60 bits per heavy atom. The van der Waals surface area contributed by atoms with Gasteiger partial charge < -0.3 is 4.90 Å². The maximum atomic E-state index is 2.12. The third-order valence-corrected chi connectivity index (χ3v) is 1.62. The van der Waals surface area contributed by atoms with Crippen LogP contribution in [0.25, 0.3) is 0 Å². The van der Waals surface area contributed by atoms with Crippen molar-refractivity contribution >= 4 is 0 Å². The molecule has 0 unspecified atom stereocenters. The molecule has 1 nitrogen and oxygen atoms in total. The summed E-state index contributed by atoms with van der Waals surface area (Å²) < 4.78 is 0. The summed E-state index contributed by atoms with van der Waals surface area (Å²) >= 11 is 0. The molecule has 0 bridgehead atoms. The van der Waals surface area contributed by atoms with Crippen LogP contribution in [0.5, 0.6) is 0 Å². The van der Waals surface area contributed by atoms with Crippen molar-refractivity contribution in [2.45, 2.75) is 13.8 Å². The zero-order valence-corrected chi connectivity index (χ0v) is 6.76. The highest BCUT2D eigenvalue weighted by atomic mass is 15.1. The number of likely N-dealkylation sites (N-methyl/N-ethyl adjacent to an activating group) is 1. The largest absolute Gasteiger partial charge is 0.351 e. The highest BCUT2D eigenvalue weighted by molar-refractivity contribution is 5.31. The van der Waals surface area contributed by atoms with E-state index in [1.165, 1.54) is 11.3 Å². The smallest absolute Gasteiger partial charge is 0.0360 e. The summed E-state index contributed by atoms with van der Waals surface area (Å²) in [5, 5.41) is 0. The van der Waals surface area contributed by atoms with Crippen molar-refractivity contribution in [2.24, 2.45) is 0 Å². The van der Waals surface area contributed by atoms with E-state index >= 15 is 0 Å². The van der Waals surface area contributed by atoms with Gasteiger partial charge in [-0.3, -0.25) is 0 Å². The van der Waals surface area contributed by atoms with Crippen molar-refractivity contribution in [3.63, 3.8) is 0 Å². The molecule has 0 atom stereocenters. The first kappa shape index (κ1) is 7.13. The quantitative estimate of drug-likeness (QED) is 0.492. The Morgan fingerprint density at radius 2 is 2.10 bits per heavy atom. The second kappa shape index (κ2) is 2.74. The Bertz CT molecular complexity index is 209. The molecular weight excluding hydrogens is 122 g/mol. The van der Waals surface area contributed by atoms with Gasteiger partial charge in [-0.15, -0.1) is 0 Å². The zero-order valence-electron chi connectivity index (χ0n) is 6.76. The Kier molecular flexibility index (Phi) is 1.95. The summed E-state index contributed by atoms with van der Waals surface area (Å²) in [5.74, 6) is 0. The summed E-state index contributed by atoms with van der Waals surface area (Å²) in [7, 11) is 2.06. The second-order valence-electron chi connectivity index (χ2n) is 2.53. The van der Waals surface area contributed by atoms with Crippen molar-refractivity contribution in [2.75, 3.05) is 7.05 Å². The molecule has 10 heavy (non-hydrogen) atoms. The lowest BCUT2D eigenvalue weighted by molar-refractivity contribution is 0.577. The van der Waals surface area contributed by atoms with Crippen LogP contribution < -0.4 is 0 Å². The second-order valence-corrected chi connectivity index (χ2v) is 2.53. The third-order valence-electron chi connectivity index (χ3n) is 1.62. The number of allylic oxidation sites excluding steroid dienone is 4. The summed E-state index contributed by atoms with van der Waals surface area (Å²) in [5.41, 5.74) is 2.55. The van der Waals surface area contributed by atoms with E-state index in [9.17, 15) is 0 Å². The maximum Gasteiger partial charge on any atom is 0.0360 e. The molecule has 1 aliphatic rings. The Balaban J connectivity index is 2.84. The molecule has 1 aliphatic heterocycles. The molecule has 1 heterocycles. The van der Waals surface area contributed by atoms with Crippen LogP contribution in [0.15, 0.2) is 35.7 Å². The number of hydrogen-bond acceptors (Lipinski definition) is 1. The van der Waals surface area contributed by atoms with E-state index in [-0.39, 0.29) is 0 Å². The molecule has 0 saturated carbocycles. The molecule has 0 aromatic carbocycles. The van der Waals surface area contributed by atoms with E-state index in [1.54, 1.807) is 0 Å².